The number of aliphatic hydroxyl groups is 1. The summed E-state index contributed by atoms with van der Waals surface area (Å²) in [5.74, 6) is 0. The maximum Gasteiger partial charge on any atom is 0.0681 e. The maximum absolute atomic E-state index is 9.26. The number of nitrogens with zero attached hydrogens (tertiary/aromatic N) is 2. The van der Waals surface area contributed by atoms with Crippen LogP contribution in [0.1, 0.15) is 29.7 Å². The van der Waals surface area contributed by atoms with E-state index in [1.165, 1.54) is 16.7 Å². The highest BCUT2D eigenvalue weighted by atomic mass is 16.3. The zero-order valence-corrected chi connectivity index (χ0v) is 14.1. The summed E-state index contributed by atoms with van der Waals surface area (Å²) in [4.78, 5) is 0. The van der Waals surface area contributed by atoms with Crippen molar-refractivity contribution in [2.45, 2.75) is 26.1 Å². The summed E-state index contributed by atoms with van der Waals surface area (Å²) >= 11 is 0. The van der Waals surface area contributed by atoms with Gasteiger partial charge in [-0.1, -0.05) is 42.5 Å². The van der Waals surface area contributed by atoms with E-state index >= 15 is 0 Å². The summed E-state index contributed by atoms with van der Waals surface area (Å²) in [6.45, 7) is 3.01. The van der Waals surface area contributed by atoms with Gasteiger partial charge in [-0.25, -0.2) is 0 Å². The van der Waals surface area contributed by atoms with Crippen molar-refractivity contribution in [2.75, 3.05) is 0 Å². The molecular weight excluding hydrogens is 298 g/mol. The van der Waals surface area contributed by atoms with Crippen molar-refractivity contribution >= 4 is 0 Å². The van der Waals surface area contributed by atoms with Crippen LogP contribution < -0.4 is 5.32 Å². The van der Waals surface area contributed by atoms with Gasteiger partial charge in [0.25, 0.3) is 0 Å². The average molecular weight is 321 g/mol. The van der Waals surface area contributed by atoms with Gasteiger partial charge in [0.2, 0.25) is 0 Å². The van der Waals surface area contributed by atoms with Gasteiger partial charge >= 0.3 is 0 Å². The molecule has 0 fully saturated rings. The molecule has 0 aliphatic rings. The highest BCUT2D eigenvalue weighted by Gasteiger charge is 2.07. The summed E-state index contributed by atoms with van der Waals surface area (Å²) in [7, 11) is 1.93. The fourth-order valence-electron chi connectivity index (χ4n) is 2.78. The van der Waals surface area contributed by atoms with Gasteiger partial charge in [-0.3, -0.25) is 4.68 Å². The first-order chi connectivity index (χ1) is 11.7. The molecular formula is C20H23N3O. The Hall–Kier alpha value is -2.43. The summed E-state index contributed by atoms with van der Waals surface area (Å²) in [6, 6.07) is 16.8. The zero-order chi connectivity index (χ0) is 16.9. The summed E-state index contributed by atoms with van der Waals surface area (Å²) in [5.41, 5.74) is 5.67. The number of rotatable bonds is 6. The molecule has 0 spiro atoms. The lowest BCUT2D eigenvalue weighted by atomic mass is 10.0. The molecule has 3 aromatic rings. The van der Waals surface area contributed by atoms with Crippen LogP contribution in [-0.2, 0) is 20.2 Å². The molecule has 4 heteroatoms. The molecule has 1 heterocycles. The first-order valence-corrected chi connectivity index (χ1v) is 8.17. The van der Waals surface area contributed by atoms with Crippen LogP contribution in [0.4, 0.5) is 0 Å². The minimum atomic E-state index is 0.0771. The molecule has 0 bridgehead atoms. The van der Waals surface area contributed by atoms with Crippen molar-refractivity contribution in [1.29, 1.82) is 0 Å². The van der Waals surface area contributed by atoms with Crippen LogP contribution in [0.2, 0.25) is 0 Å². The monoisotopic (exact) mass is 321 g/mol. The molecule has 4 nitrogen and oxygen atoms in total. The molecule has 0 aliphatic carbocycles. The van der Waals surface area contributed by atoms with Gasteiger partial charge in [0, 0.05) is 31.4 Å². The largest absolute Gasteiger partial charge is 0.392 e. The third-order valence-corrected chi connectivity index (χ3v) is 4.21. The smallest absolute Gasteiger partial charge is 0.0681 e. The molecule has 3 rings (SSSR count). The number of aryl methyl sites for hydroxylation is 1. The van der Waals surface area contributed by atoms with Crippen molar-refractivity contribution in [3.63, 3.8) is 0 Å². The van der Waals surface area contributed by atoms with Gasteiger partial charge in [0.1, 0.15) is 0 Å². The second-order valence-corrected chi connectivity index (χ2v) is 6.11. The van der Waals surface area contributed by atoms with Crippen molar-refractivity contribution in [3.05, 3.63) is 77.6 Å². The van der Waals surface area contributed by atoms with Crippen LogP contribution in [0.25, 0.3) is 11.1 Å². The molecule has 0 saturated carbocycles. The predicted octanol–water partition coefficient (Wildman–Crippen LogP) is 3.43. The summed E-state index contributed by atoms with van der Waals surface area (Å²) < 4.78 is 1.82. The first kappa shape index (κ1) is 16.4. The Kier molecular flexibility index (Phi) is 5.08. The fraction of sp³-hybridized carbons (Fsp3) is 0.250. The van der Waals surface area contributed by atoms with E-state index in [9.17, 15) is 5.11 Å². The van der Waals surface area contributed by atoms with Crippen molar-refractivity contribution in [1.82, 2.24) is 15.1 Å². The van der Waals surface area contributed by atoms with Crippen molar-refractivity contribution in [2.24, 2.45) is 7.05 Å². The molecule has 0 radical (unpaired) electrons. The molecule has 24 heavy (non-hydrogen) atoms. The number of nitrogens with one attached hydrogen (secondary N) is 1. The topological polar surface area (TPSA) is 50.1 Å². The summed E-state index contributed by atoms with van der Waals surface area (Å²) in [5, 5.41) is 17.0. The molecule has 0 amide bonds. The SMILES string of the molecule is C[C@@H](NCc1cccc(-c2cnn(C)c2)c1)c1cccc(CO)c1. The predicted molar refractivity (Wildman–Crippen MR) is 96.3 cm³/mol. The molecule has 124 valence electrons. The van der Waals surface area contributed by atoms with E-state index < -0.39 is 0 Å². The molecule has 1 atom stereocenters. The first-order valence-electron chi connectivity index (χ1n) is 8.17. The Bertz CT molecular complexity index is 810. The quantitative estimate of drug-likeness (QED) is 0.731. The minimum absolute atomic E-state index is 0.0771. The zero-order valence-electron chi connectivity index (χ0n) is 14.1. The van der Waals surface area contributed by atoms with E-state index in [0.717, 1.165) is 17.7 Å². The normalized spacial score (nSPS) is 12.3. The van der Waals surface area contributed by atoms with Crippen molar-refractivity contribution in [3.8, 4) is 11.1 Å². The molecule has 0 saturated heterocycles. The Labute approximate surface area is 142 Å². The summed E-state index contributed by atoms with van der Waals surface area (Å²) in [6.07, 6.45) is 3.91. The van der Waals surface area contributed by atoms with Crippen LogP contribution in [0.3, 0.4) is 0 Å². The second-order valence-electron chi connectivity index (χ2n) is 6.11. The number of aromatic nitrogens is 2. The Morgan fingerprint density at radius 1 is 1.08 bits per heavy atom. The highest BCUT2D eigenvalue weighted by molar-refractivity contribution is 5.62. The van der Waals surface area contributed by atoms with Crippen LogP contribution in [0.5, 0.6) is 0 Å². The Balaban J connectivity index is 1.68. The van der Waals surface area contributed by atoms with E-state index in [-0.39, 0.29) is 12.6 Å². The van der Waals surface area contributed by atoms with Crippen LogP contribution in [0, 0.1) is 0 Å². The molecule has 0 aliphatic heterocycles. The van der Waals surface area contributed by atoms with E-state index in [4.69, 9.17) is 0 Å². The Morgan fingerprint density at radius 2 is 1.88 bits per heavy atom. The average Bonchev–Trinajstić information content (AvgIpc) is 3.06. The van der Waals surface area contributed by atoms with E-state index in [0.29, 0.717) is 0 Å². The molecule has 0 unspecified atom stereocenters. The third kappa shape index (κ3) is 3.91. The van der Waals surface area contributed by atoms with Gasteiger partial charge in [-0.05, 0) is 35.2 Å². The molecule has 2 N–H and O–H groups in total. The van der Waals surface area contributed by atoms with Gasteiger partial charge in [-0.15, -0.1) is 0 Å². The number of hydrogen-bond acceptors (Lipinski definition) is 3. The van der Waals surface area contributed by atoms with E-state index in [1.807, 2.05) is 42.3 Å². The van der Waals surface area contributed by atoms with Crippen LogP contribution >= 0.6 is 0 Å². The lowest BCUT2D eigenvalue weighted by Crippen LogP contribution is -2.18. The van der Waals surface area contributed by atoms with Gasteiger partial charge < -0.3 is 10.4 Å². The van der Waals surface area contributed by atoms with Gasteiger partial charge in [0.05, 0.1) is 12.8 Å². The lowest BCUT2D eigenvalue weighted by Gasteiger charge is -2.15. The third-order valence-electron chi connectivity index (χ3n) is 4.21. The van der Waals surface area contributed by atoms with E-state index in [1.54, 1.807) is 0 Å². The number of hydrogen-bond donors (Lipinski definition) is 2. The van der Waals surface area contributed by atoms with Crippen LogP contribution in [-0.4, -0.2) is 14.9 Å². The number of aliphatic hydroxyl groups excluding tert-OH is 1. The van der Waals surface area contributed by atoms with Gasteiger partial charge in [-0.2, -0.15) is 5.10 Å². The molecule has 2 aromatic carbocycles. The standard InChI is InChI=1S/C20H23N3O/c1-15(18-7-4-6-17(10-18)14-24)21-11-16-5-3-8-19(9-16)20-12-22-23(2)13-20/h3-10,12-13,15,21,24H,11,14H2,1-2H3/t15-/m1/s1. The molecule has 1 aromatic heterocycles. The Morgan fingerprint density at radius 3 is 2.62 bits per heavy atom. The van der Waals surface area contributed by atoms with Crippen molar-refractivity contribution < 1.29 is 5.11 Å². The maximum atomic E-state index is 9.26. The fourth-order valence-corrected chi connectivity index (χ4v) is 2.78. The van der Waals surface area contributed by atoms with Gasteiger partial charge in [0.15, 0.2) is 0 Å². The number of benzene rings is 2. The lowest BCUT2D eigenvalue weighted by molar-refractivity contribution is 0.281. The van der Waals surface area contributed by atoms with Crippen LogP contribution in [0.15, 0.2) is 60.9 Å². The second kappa shape index (κ2) is 7.43. The highest BCUT2D eigenvalue weighted by Crippen LogP contribution is 2.20. The minimum Gasteiger partial charge on any atom is -0.392 e. The van der Waals surface area contributed by atoms with E-state index in [2.05, 4.69) is 47.7 Å².